The molecule has 1 fully saturated rings. The molecule has 5 nitrogen and oxygen atoms in total. The van der Waals surface area contributed by atoms with Crippen LogP contribution < -0.4 is 9.47 Å². The Morgan fingerprint density at radius 3 is 2.75 bits per heavy atom. The van der Waals surface area contributed by atoms with E-state index in [0.29, 0.717) is 12.0 Å². The first-order chi connectivity index (χ1) is 11.6. The van der Waals surface area contributed by atoms with Gasteiger partial charge in [0, 0.05) is 24.1 Å². The van der Waals surface area contributed by atoms with Crippen LogP contribution in [0.5, 0.6) is 11.5 Å². The van der Waals surface area contributed by atoms with Crippen LogP contribution in [-0.4, -0.2) is 30.8 Å². The summed E-state index contributed by atoms with van der Waals surface area (Å²) in [4.78, 5) is 2.44. The van der Waals surface area contributed by atoms with E-state index >= 15 is 0 Å². The van der Waals surface area contributed by atoms with Crippen molar-refractivity contribution in [1.82, 2.24) is 10.1 Å². The van der Waals surface area contributed by atoms with Gasteiger partial charge in [0.25, 0.3) is 0 Å². The number of aromatic nitrogens is 1. The van der Waals surface area contributed by atoms with Gasteiger partial charge >= 0.3 is 0 Å². The van der Waals surface area contributed by atoms with E-state index in [-0.39, 0.29) is 0 Å². The molecule has 0 spiro atoms. The highest BCUT2D eigenvalue weighted by molar-refractivity contribution is 5.40. The highest BCUT2D eigenvalue weighted by Crippen LogP contribution is 2.35. The predicted octanol–water partition coefficient (Wildman–Crippen LogP) is 4.15. The third-order valence-corrected chi connectivity index (χ3v) is 4.68. The number of hydrogen-bond donors (Lipinski definition) is 0. The van der Waals surface area contributed by atoms with Crippen molar-refractivity contribution in [3.63, 3.8) is 0 Å². The Bertz CT molecular complexity index is 681. The zero-order valence-electron chi connectivity index (χ0n) is 14.9. The smallest absolute Gasteiger partial charge is 0.139 e. The fourth-order valence-electron chi connectivity index (χ4n) is 3.31. The van der Waals surface area contributed by atoms with Gasteiger partial charge in [0.1, 0.15) is 23.0 Å². The quantitative estimate of drug-likeness (QED) is 0.796. The summed E-state index contributed by atoms with van der Waals surface area (Å²) in [7, 11) is 3.40. The molecular weight excluding hydrogens is 304 g/mol. The molecule has 24 heavy (non-hydrogen) atoms. The average Bonchev–Trinajstić information content (AvgIpc) is 3.23. The minimum absolute atomic E-state index is 0.303. The normalized spacial score (nSPS) is 18.3. The predicted molar refractivity (Wildman–Crippen MR) is 92.5 cm³/mol. The summed E-state index contributed by atoms with van der Waals surface area (Å²) in [5, 5.41) is 4.32. The van der Waals surface area contributed by atoms with Crippen LogP contribution in [0.4, 0.5) is 0 Å². The Kier molecular flexibility index (Phi) is 5.09. The van der Waals surface area contributed by atoms with E-state index in [2.05, 4.69) is 36.0 Å². The van der Waals surface area contributed by atoms with Gasteiger partial charge in [0.05, 0.1) is 20.3 Å². The molecule has 0 saturated carbocycles. The molecule has 1 aromatic heterocycles. The van der Waals surface area contributed by atoms with Crippen LogP contribution in [0, 0.1) is 0 Å². The molecule has 0 radical (unpaired) electrons. The number of likely N-dealkylation sites (tertiary alicyclic amines) is 1. The summed E-state index contributed by atoms with van der Waals surface area (Å²) < 4.78 is 16.4. The van der Waals surface area contributed by atoms with Crippen LogP contribution >= 0.6 is 0 Å². The first-order valence-corrected chi connectivity index (χ1v) is 8.53. The highest BCUT2D eigenvalue weighted by atomic mass is 16.5. The lowest BCUT2D eigenvalue weighted by Crippen LogP contribution is -2.23. The Labute approximate surface area is 143 Å². The molecule has 0 N–H and O–H groups in total. The Morgan fingerprint density at radius 1 is 1.25 bits per heavy atom. The van der Waals surface area contributed by atoms with E-state index in [1.54, 1.807) is 14.2 Å². The van der Waals surface area contributed by atoms with Crippen molar-refractivity contribution in [2.75, 3.05) is 20.8 Å². The molecule has 0 aliphatic carbocycles. The Balaban J connectivity index is 1.81. The van der Waals surface area contributed by atoms with Gasteiger partial charge in [-0.25, -0.2) is 0 Å². The van der Waals surface area contributed by atoms with E-state index < -0.39 is 0 Å². The van der Waals surface area contributed by atoms with E-state index in [4.69, 9.17) is 14.0 Å². The molecule has 1 unspecified atom stereocenters. The summed E-state index contributed by atoms with van der Waals surface area (Å²) in [6, 6.07) is 8.35. The third kappa shape index (κ3) is 3.41. The average molecular weight is 330 g/mol. The van der Waals surface area contributed by atoms with Crippen LogP contribution in [0.25, 0.3) is 0 Å². The summed E-state index contributed by atoms with van der Waals surface area (Å²) in [6.07, 6.45) is 2.27. The van der Waals surface area contributed by atoms with Crippen LogP contribution in [0.2, 0.25) is 0 Å². The summed E-state index contributed by atoms with van der Waals surface area (Å²) >= 11 is 0. The van der Waals surface area contributed by atoms with E-state index in [9.17, 15) is 0 Å². The fraction of sp³-hybridized carbons (Fsp3) is 0.526. The van der Waals surface area contributed by atoms with Crippen LogP contribution in [0.3, 0.4) is 0 Å². The van der Waals surface area contributed by atoms with Crippen molar-refractivity contribution in [3.8, 4) is 11.5 Å². The van der Waals surface area contributed by atoms with Crippen molar-refractivity contribution < 1.29 is 14.0 Å². The summed E-state index contributed by atoms with van der Waals surface area (Å²) in [6.45, 7) is 6.11. The zero-order chi connectivity index (χ0) is 17.1. The molecule has 1 aliphatic heterocycles. The monoisotopic (exact) mass is 330 g/mol. The summed E-state index contributed by atoms with van der Waals surface area (Å²) in [5.41, 5.74) is 2.18. The molecular formula is C19H26N2O3. The number of ether oxygens (including phenoxy) is 2. The van der Waals surface area contributed by atoms with Gasteiger partial charge in [0.2, 0.25) is 0 Å². The van der Waals surface area contributed by atoms with Gasteiger partial charge in [-0.3, -0.25) is 4.90 Å². The van der Waals surface area contributed by atoms with Crippen LogP contribution in [0.15, 0.2) is 28.8 Å². The minimum atomic E-state index is 0.303. The topological polar surface area (TPSA) is 47.7 Å². The first kappa shape index (κ1) is 16.8. The van der Waals surface area contributed by atoms with Gasteiger partial charge in [-0.15, -0.1) is 0 Å². The molecule has 5 heteroatoms. The molecule has 2 heterocycles. The number of hydrogen-bond acceptors (Lipinski definition) is 5. The second-order valence-electron chi connectivity index (χ2n) is 6.62. The van der Waals surface area contributed by atoms with E-state index in [1.807, 2.05) is 12.1 Å². The van der Waals surface area contributed by atoms with Crippen molar-refractivity contribution in [1.29, 1.82) is 0 Å². The molecule has 1 saturated heterocycles. The lowest BCUT2D eigenvalue weighted by atomic mass is 10.1. The van der Waals surface area contributed by atoms with Gasteiger partial charge in [-0.05, 0) is 37.6 Å². The largest absolute Gasteiger partial charge is 0.497 e. The molecule has 0 amide bonds. The maximum atomic E-state index is 5.52. The lowest BCUT2D eigenvalue weighted by Gasteiger charge is -2.23. The van der Waals surface area contributed by atoms with Crippen molar-refractivity contribution in [2.24, 2.45) is 0 Å². The van der Waals surface area contributed by atoms with Crippen LogP contribution in [0.1, 0.15) is 55.7 Å². The maximum absolute atomic E-state index is 5.52. The standard InChI is InChI=1S/C19H26N2O3/c1-13(2)19-11-16(20-24-19)17-6-5-9-21(17)12-14-10-15(22-3)7-8-18(14)23-4/h7-8,10-11,13,17H,5-6,9,12H2,1-4H3. The van der Waals surface area contributed by atoms with Crippen molar-refractivity contribution in [2.45, 2.75) is 45.2 Å². The molecule has 130 valence electrons. The second-order valence-corrected chi connectivity index (χ2v) is 6.62. The second kappa shape index (κ2) is 7.26. The molecule has 1 aliphatic rings. The molecule has 1 aromatic carbocycles. The SMILES string of the molecule is COc1ccc(OC)c(CN2CCCC2c2cc(C(C)C)on2)c1. The number of rotatable bonds is 6. The molecule has 3 rings (SSSR count). The minimum Gasteiger partial charge on any atom is -0.497 e. The van der Waals surface area contributed by atoms with Crippen LogP contribution in [-0.2, 0) is 6.54 Å². The van der Waals surface area contributed by atoms with Gasteiger partial charge in [-0.2, -0.15) is 0 Å². The Hall–Kier alpha value is -2.01. The lowest BCUT2D eigenvalue weighted by molar-refractivity contribution is 0.232. The highest BCUT2D eigenvalue weighted by Gasteiger charge is 2.29. The van der Waals surface area contributed by atoms with Gasteiger partial charge < -0.3 is 14.0 Å². The Morgan fingerprint density at radius 2 is 2.08 bits per heavy atom. The fourth-order valence-corrected chi connectivity index (χ4v) is 3.31. The van der Waals surface area contributed by atoms with Crippen molar-refractivity contribution in [3.05, 3.63) is 41.3 Å². The number of benzene rings is 1. The number of nitrogens with zero attached hydrogens (tertiary/aromatic N) is 2. The summed E-state index contributed by atoms with van der Waals surface area (Å²) in [5.74, 6) is 3.06. The third-order valence-electron chi connectivity index (χ3n) is 4.68. The van der Waals surface area contributed by atoms with E-state index in [0.717, 1.165) is 48.0 Å². The molecule has 0 bridgehead atoms. The molecule has 1 atom stereocenters. The molecule has 2 aromatic rings. The number of methoxy groups -OCH3 is 2. The zero-order valence-corrected chi connectivity index (χ0v) is 14.9. The maximum Gasteiger partial charge on any atom is 0.139 e. The van der Waals surface area contributed by atoms with Gasteiger partial charge in [0.15, 0.2) is 0 Å². The van der Waals surface area contributed by atoms with E-state index in [1.165, 1.54) is 6.42 Å². The van der Waals surface area contributed by atoms with Crippen molar-refractivity contribution >= 4 is 0 Å². The first-order valence-electron chi connectivity index (χ1n) is 8.53. The van der Waals surface area contributed by atoms with Gasteiger partial charge in [-0.1, -0.05) is 19.0 Å².